The van der Waals surface area contributed by atoms with Gasteiger partial charge in [0.15, 0.2) is 0 Å². The first-order valence-corrected chi connectivity index (χ1v) is 9.42. The van der Waals surface area contributed by atoms with Crippen molar-refractivity contribution < 1.29 is 9.53 Å². The van der Waals surface area contributed by atoms with Gasteiger partial charge in [0.25, 0.3) is 0 Å². The molecule has 0 saturated carbocycles. The molecule has 1 aliphatic heterocycles. The van der Waals surface area contributed by atoms with Crippen molar-refractivity contribution in [1.82, 2.24) is 4.90 Å². The van der Waals surface area contributed by atoms with Gasteiger partial charge in [-0.25, -0.2) is 0 Å². The molecule has 1 saturated heterocycles. The van der Waals surface area contributed by atoms with E-state index in [9.17, 15) is 4.79 Å². The molecule has 26 heavy (non-hydrogen) atoms. The molecule has 1 fully saturated rings. The van der Waals surface area contributed by atoms with Gasteiger partial charge in [0.05, 0.1) is 23.1 Å². The van der Waals surface area contributed by atoms with Crippen LogP contribution in [-0.4, -0.2) is 31.0 Å². The summed E-state index contributed by atoms with van der Waals surface area (Å²) in [7, 11) is 1.62. The minimum Gasteiger partial charge on any atom is -0.497 e. The van der Waals surface area contributed by atoms with Crippen LogP contribution in [0.15, 0.2) is 42.5 Å². The minimum absolute atomic E-state index is 0.0198. The molecular weight excluding hydrogens is 371 g/mol. The maximum absolute atomic E-state index is 12.6. The van der Waals surface area contributed by atoms with E-state index in [-0.39, 0.29) is 11.8 Å². The summed E-state index contributed by atoms with van der Waals surface area (Å²) in [6.45, 7) is 2.48. The molecule has 3 rings (SSSR count). The third-order valence-corrected chi connectivity index (χ3v) is 5.36. The molecule has 1 heterocycles. The van der Waals surface area contributed by atoms with E-state index in [4.69, 9.17) is 27.9 Å². The number of nitrogens with one attached hydrogen (secondary N) is 1. The first-order valence-electron chi connectivity index (χ1n) is 8.66. The summed E-state index contributed by atoms with van der Waals surface area (Å²) in [6.07, 6.45) is 1.90. The number of carbonyl (C=O) groups is 1. The normalized spacial score (nSPS) is 17.7. The summed E-state index contributed by atoms with van der Waals surface area (Å²) in [5.74, 6) is 0.816. The lowest BCUT2D eigenvalue weighted by atomic mass is 9.96. The van der Waals surface area contributed by atoms with E-state index in [0.717, 1.165) is 49.5 Å². The monoisotopic (exact) mass is 392 g/mol. The van der Waals surface area contributed by atoms with E-state index in [1.165, 1.54) is 0 Å². The second-order valence-corrected chi connectivity index (χ2v) is 7.35. The van der Waals surface area contributed by atoms with Crippen molar-refractivity contribution in [2.24, 2.45) is 5.92 Å². The van der Waals surface area contributed by atoms with Crippen LogP contribution in [0.25, 0.3) is 0 Å². The molecule has 1 N–H and O–H groups in total. The number of likely N-dealkylation sites (tertiary alicyclic amines) is 1. The molecule has 1 unspecified atom stereocenters. The predicted octanol–water partition coefficient (Wildman–Crippen LogP) is 4.85. The first kappa shape index (κ1) is 19.0. The number of methoxy groups -OCH3 is 1. The maximum Gasteiger partial charge on any atom is 0.228 e. The molecule has 0 bridgehead atoms. The fraction of sp³-hybridized carbons (Fsp3) is 0.350. The van der Waals surface area contributed by atoms with Gasteiger partial charge in [0.2, 0.25) is 5.91 Å². The van der Waals surface area contributed by atoms with Crippen molar-refractivity contribution in [3.8, 4) is 5.75 Å². The lowest BCUT2D eigenvalue weighted by Gasteiger charge is -2.32. The first-order chi connectivity index (χ1) is 12.5. The summed E-state index contributed by atoms with van der Waals surface area (Å²) >= 11 is 12.1. The highest BCUT2D eigenvalue weighted by atomic mass is 35.5. The Hall–Kier alpha value is -1.75. The molecule has 1 aliphatic rings. The largest absolute Gasteiger partial charge is 0.497 e. The predicted molar refractivity (Wildman–Crippen MR) is 106 cm³/mol. The number of amides is 1. The van der Waals surface area contributed by atoms with Crippen LogP contribution in [0.2, 0.25) is 10.0 Å². The number of benzene rings is 2. The number of anilines is 1. The van der Waals surface area contributed by atoms with Gasteiger partial charge >= 0.3 is 0 Å². The number of ether oxygens (including phenoxy) is 1. The van der Waals surface area contributed by atoms with Gasteiger partial charge in [-0.05, 0) is 61.3 Å². The van der Waals surface area contributed by atoms with Gasteiger partial charge in [-0.2, -0.15) is 0 Å². The van der Waals surface area contributed by atoms with Gasteiger partial charge < -0.3 is 10.1 Å². The van der Waals surface area contributed by atoms with Crippen molar-refractivity contribution in [1.29, 1.82) is 0 Å². The van der Waals surface area contributed by atoms with Crippen LogP contribution < -0.4 is 10.1 Å². The van der Waals surface area contributed by atoms with Crippen LogP contribution in [0.5, 0.6) is 5.75 Å². The Balaban J connectivity index is 1.58. The van der Waals surface area contributed by atoms with Gasteiger partial charge in [-0.3, -0.25) is 9.69 Å². The number of nitrogens with zero attached hydrogens (tertiary/aromatic N) is 1. The van der Waals surface area contributed by atoms with E-state index >= 15 is 0 Å². The fourth-order valence-corrected chi connectivity index (χ4v) is 3.55. The van der Waals surface area contributed by atoms with E-state index in [2.05, 4.69) is 10.2 Å². The zero-order chi connectivity index (χ0) is 18.5. The van der Waals surface area contributed by atoms with Crippen LogP contribution in [0.1, 0.15) is 18.4 Å². The summed E-state index contributed by atoms with van der Waals surface area (Å²) in [6, 6.07) is 13.1. The molecular formula is C20H22Cl2N2O2. The van der Waals surface area contributed by atoms with Crippen molar-refractivity contribution >= 4 is 34.8 Å². The van der Waals surface area contributed by atoms with E-state index in [1.54, 1.807) is 7.11 Å². The molecule has 138 valence electrons. The average molecular weight is 393 g/mol. The van der Waals surface area contributed by atoms with E-state index < -0.39 is 0 Å². The quantitative estimate of drug-likeness (QED) is 0.790. The van der Waals surface area contributed by atoms with Gasteiger partial charge in [-0.1, -0.05) is 29.3 Å². The molecule has 2 aromatic rings. The second-order valence-electron chi connectivity index (χ2n) is 6.54. The van der Waals surface area contributed by atoms with Crippen molar-refractivity contribution in [3.05, 3.63) is 58.1 Å². The Labute approximate surface area is 164 Å². The summed E-state index contributed by atoms with van der Waals surface area (Å²) in [4.78, 5) is 14.9. The van der Waals surface area contributed by atoms with Crippen LogP contribution >= 0.6 is 23.2 Å². The van der Waals surface area contributed by atoms with Crippen LogP contribution in [0.3, 0.4) is 0 Å². The van der Waals surface area contributed by atoms with Gasteiger partial charge in [0, 0.05) is 18.8 Å². The highest BCUT2D eigenvalue weighted by Crippen LogP contribution is 2.25. The number of hydrogen-bond donors (Lipinski definition) is 1. The molecule has 6 heteroatoms. The smallest absolute Gasteiger partial charge is 0.228 e. The highest BCUT2D eigenvalue weighted by Gasteiger charge is 2.26. The van der Waals surface area contributed by atoms with Crippen molar-refractivity contribution in [3.63, 3.8) is 0 Å². The van der Waals surface area contributed by atoms with Gasteiger partial charge in [-0.15, -0.1) is 0 Å². The van der Waals surface area contributed by atoms with Crippen molar-refractivity contribution in [2.45, 2.75) is 19.4 Å². The lowest BCUT2D eigenvalue weighted by molar-refractivity contribution is -0.121. The summed E-state index contributed by atoms with van der Waals surface area (Å²) in [5.41, 5.74) is 1.90. The molecule has 2 aromatic carbocycles. The number of piperidine rings is 1. The highest BCUT2D eigenvalue weighted by molar-refractivity contribution is 6.42. The molecule has 0 aliphatic carbocycles. The second kappa shape index (κ2) is 8.76. The molecule has 0 spiro atoms. The fourth-order valence-electron chi connectivity index (χ4n) is 3.23. The zero-order valence-corrected chi connectivity index (χ0v) is 16.2. The third kappa shape index (κ3) is 4.91. The van der Waals surface area contributed by atoms with E-state index in [0.29, 0.717) is 10.0 Å². The Kier molecular flexibility index (Phi) is 6.41. The SMILES string of the molecule is COc1ccc(NC(=O)C2CCCN(Cc3ccc(Cl)c(Cl)c3)C2)cc1. The molecule has 4 nitrogen and oxygen atoms in total. The molecule has 0 radical (unpaired) electrons. The van der Waals surface area contributed by atoms with Gasteiger partial charge in [0.1, 0.15) is 5.75 Å². The number of halogens is 2. The zero-order valence-electron chi connectivity index (χ0n) is 14.7. The standard InChI is InChI=1S/C20H22Cl2N2O2/c1-26-17-7-5-16(6-8-17)23-20(25)15-3-2-10-24(13-15)12-14-4-9-18(21)19(22)11-14/h4-9,11,15H,2-3,10,12-13H2,1H3,(H,23,25). The number of carbonyl (C=O) groups excluding carboxylic acids is 1. The molecule has 1 atom stereocenters. The van der Waals surface area contributed by atoms with E-state index in [1.807, 2.05) is 42.5 Å². The Bertz CT molecular complexity index is 765. The Morgan fingerprint density at radius 2 is 1.96 bits per heavy atom. The average Bonchev–Trinajstić information content (AvgIpc) is 2.65. The van der Waals surface area contributed by atoms with Crippen LogP contribution in [0.4, 0.5) is 5.69 Å². The maximum atomic E-state index is 12.6. The lowest BCUT2D eigenvalue weighted by Crippen LogP contribution is -2.40. The number of hydrogen-bond acceptors (Lipinski definition) is 3. The Morgan fingerprint density at radius 1 is 1.19 bits per heavy atom. The summed E-state index contributed by atoms with van der Waals surface area (Å²) < 4.78 is 5.14. The summed E-state index contributed by atoms with van der Waals surface area (Å²) in [5, 5.41) is 4.13. The topological polar surface area (TPSA) is 41.6 Å². The van der Waals surface area contributed by atoms with Crippen molar-refractivity contribution in [2.75, 3.05) is 25.5 Å². The minimum atomic E-state index is -0.0198. The Morgan fingerprint density at radius 3 is 2.65 bits per heavy atom. The van der Waals surface area contributed by atoms with Crippen LogP contribution in [0, 0.1) is 5.92 Å². The number of rotatable bonds is 5. The molecule has 1 amide bonds. The third-order valence-electron chi connectivity index (χ3n) is 4.62. The molecule has 0 aromatic heterocycles. The van der Waals surface area contributed by atoms with Crippen LogP contribution in [-0.2, 0) is 11.3 Å².